The van der Waals surface area contributed by atoms with E-state index in [1.54, 1.807) is 12.0 Å². The molecule has 0 aliphatic rings. The highest BCUT2D eigenvalue weighted by molar-refractivity contribution is 5.96. The first-order valence-electron chi connectivity index (χ1n) is 13.8. The van der Waals surface area contributed by atoms with Crippen molar-refractivity contribution in [3.05, 3.63) is 89.2 Å². The number of carbonyl (C=O) groups is 2. The van der Waals surface area contributed by atoms with Crippen LogP contribution in [0.3, 0.4) is 0 Å². The van der Waals surface area contributed by atoms with Crippen molar-refractivity contribution in [3.8, 4) is 5.75 Å². The molecule has 1 aromatic heterocycles. The Kier molecular flexibility index (Phi) is 11.0. The van der Waals surface area contributed by atoms with E-state index in [0.29, 0.717) is 25.2 Å². The van der Waals surface area contributed by atoms with Gasteiger partial charge >= 0.3 is 0 Å². The fraction of sp³-hybridized carbons (Fsp3) is 0.438. The third kappa shape index (κ3) is 7.98. The first kappa shape index (κ1) is 29.0. The standard InChI is InChI=1S/C32H43N3O3/c1-6-8-9-19-34(32(37)28-17-15-25(3)16-18-28)24-31(36)35(26(4)7-2)23-29-13-11-20-33(29)22-27-12-10-14-30(21-27)38-5/h10-18,20-21,26H,6-9,19,22-24H2,1-5H3. The summed E-state index contributed by atoms with van der Waals surface area (Å²) in [5, 5.41) is 0. The predicted octanol–water partition coefficient (Wildman–Crippen LogP) is 6.31. The monoisotopic (exact) mass is 517 g/mol. The van der Waals surface area contributed by atoms with Gasteiger partial charge < -0.3 is 19.1 Å². The highest BCUT2D eigenvalue weighted by Gasteiger charge is 2.25. The maximum absolute atomic E-state index is 13.8. The van der Waals surface area contributed by atoms with Gasteiger partial charge in [-0.15, -0.1) is 0 Å². The zero-order valence-electron chi connectivity index (χ0n) is 23.7. The van der Waals surface area contributed by atoms with Gasteiger partial charge in [0.2, 0.25) is 5.91 Å². The summed E-state index contributed by atoms with van der Waals surface area (Å²) >= 11 is 0. The van der Waals surface area contributed by atoms with Crippen LogP contribution in [0.15, 0.2) is 66.9 Å². The van der Waals surface area contributed by atoms with Crippen LogP contribution in [0, 0.1) is 6.92 Å². The van der Waals surface area contributed by atoms with Gasteiger partial charge in [-0.2, -0.15) is 0 Å². The summed E-state index contributed by atoms with van der Waals surface area (Å²) in [4.78, 5) is 30.8. The molecule has 0 aliphatic carbocycles. The van der Waals surface area contributed by atoms with Crippen LogP contribution in [0.1, 0.15) is 73.6 Å². The highest BCUT2D eigenvalue weighted by atomic mass is 16.5. The van der Waals surface area contributed by atoms with Crippen molar-refractivity contribution in [2.75, 3.05) is 20.2 Å². The zero-order chi connectivity index (χ0) is 27.5. The quantitative estimate of drug-likeness (QED) is 0.235. The number of unbranched alkanes of at least 4 members (excludes halogenated alkanes) is 2. The third-order valence-corrected chi connectivity index (χ3v) is 7.13. The topological polar surface area (TPSA) is 54.8 Å². The lowest BCUT2D eigenvalue weighted by atomic mass is 10.1. The minimum atomic E-state index is -0.0834. The van der Waals surface area contributed by atoms with Crippen LogP contribution in [-0.2, 0) is 17.9 Å². The molecule has 3 rings (SSSR count). The van der Waals surface area contributed by atoms with Gasteiger partial charge in [-0.1, -0.05) is 56.5 Å². The molecule has 0 N–H and O–H groups in total. The Morgan fingerprint density at radius 1 is 1.00 bits per heavy atom. The molecule has 1 unspecified atom stereocenters. The van der Waals surface area contributed by atoms with Crippen molar-refractivity contribution >= 4 is 11.8 Å². The molecular formula is C32H43N3O3. The zero-order valence-corrected chi connectivity index (χ0v) is 23.7. The van der Waals surface area contributed by atoms with Gasteiger partial charge in [0.05, 0.1) is 13.7 Å². The first-order chi connectivity index (χ1) is 18.4. The van der Waals surface area contributed by atoms with E-state index in [1.165, 1.54) is 0 Å². The molecule has 6 heteroatoms. The summed E-state index contributed by atoms with van der Waals surface area (Å²) < 4.78 is 7.56. The summed E-state index contributed by atoms with van der Waals surface area (Å²) in [5.74, 6) is 0.722. The number of aryl methyl sites for hydroxylation is 1. The fourth-order valence-electron chi connectivity index (χ4n) is 4.54. The van der Waals surface area contributed by atoms with Crippen molar-refractivity contribution in [2.24, 2.45) is 0 Å². The number of amides is 2. The molecule has 0 radical (unpaired) electrons. The van der Waals surface area contributed by atoms with E-state index in [9.17, 15) is 9.59 Å². The minimum Gasteiger partial charge on any atom is -0.497 e. The fourth-order valence-corrected chi connectivity index (χ4v) is 4.54. The van der Waals surface area contributed by atoms with Crippen LogP contribution in [0.2, 0.25) is 0 Å². The van der Waals surface area contributed by atoms with Crippen LogP contribution >= 0.6 is 0 Å². The number of hydrogen-bond donors (Lipinski definition) is 0. The summed E-state index contributed by atoms with van der Waals surface area (Å²) in [6.45, 7) is 10.2. The molecule has 1 atom stereocenters. The normalized spacial score (nSPS) is 11.7. The second kappa shape index (κ2) is 14.4. The summed E-state index contributed by atoms with van der Waals surface area (Å²) in [5.41, 5.74) is 3.93. The van der Waals surface area contributed by atoms with Gasteiger partial charge in [0.1, 0.15) is 12.3 Å². The maximum Gasteiger partial charge on any atom is 0.254 e. The number of ether oxygens (including phenoxy) is 1. The summed E-state index contributed by atoms with van der Waals surface area (Å²) in [6, 6.07) is 19.8. The van der Waals surface area contributed by atoms with Crippen molar-refractivity contribution in [3.63, 3.8) is 0 Å². The summed E-state index contributed by atoms with van der Waals surface area (Å²) in [6.07, 6.45) is 5.85. The minimum absolute atomic E-state index is 0.0227. The number of aromatic nitrogens is 1. The molecule has 204 valence electrons. The van der Waals surface area contributed by atoms with Crippen molar-refractivity contribution in [1.82, 2.24) is 14.4 Å². The van der Waals surface area contributed by atoms with Crippen LogP contribution < -0.4 is 4.74 Å². The number of benzene rings is 2. The largest absolute Gasteiger partial charge is 0.497 e. The molecule has 3 aromatic rings. The Hall–Kier alpha value is -3.54. The van der Waals surface area contributed by atoms with Crippen molar-refractivity contribution < 1.29 is 14.3 Å². The molecule has 0 fully saturated rings. The van der Waals surface area contributed by atoms with Gasteiger partial charge in [0.15, 0.2) is 0 Å². The summed E-state index contributed by atoms with van der Waals surface area (Å²) in [7, 11) is 1.67. The van der Waals surface area contributed by atoms with Gasteiger partial charge in [-0.25, -0.2) is 0 Å². The molecule has 6 nitrogen and oxygen atoms in total. The molecule has 38 heavy (non-hydrogen) atoms. The molecule has 2 amide bonds. The first-order valence-corrected chi connectivity index (χ1v) is 13.8. The third-order valence-electron chi connectivity index (χ3n) is 7.13. The number of nitrogens with zero attached hydrogens (tertiary/aromatic N) is 3. The number of carbonyl (C=O) groups excluding carboxylic acids is 2. The lowest BCUT2D eigenvalue weighted by Crippen LogP contribution is -2.46. The SMILES string of the molecule is CCCCCN(CC(=O)N(Cc1cccn1Cc1cccc(OC)c1)C(C)CC)C(=O)c1ccc(C)cc1. The van der Waals surface area contributed by atoms with Gasteiger partial charge in [0.25, 0.3) is 5.91 Å². The highest BCUT2D eigenvalue weighted by Crippen LogP contribution is 2.18. The van der Waals surface area contributed by atoms with E-state index in [0.717, 1.165) is 48.3 Å². The van der Waals surface area contributed by atoms with Gasteiger partial charge in [0, 0.05) is 36.6 Å². The molecule has 2 aromatic carbocycles. The Morgan fingerprint density at radius 3 is 2.45 bits per heavy atom. The Morgan fingerprint density at radius 2 is 1.76 bits per heavy atom. The van der Waals surface area contributed by atoms with Crippen LogP contribution in [-0.4, -0.2) is 52.4 Å². The van der Waals surface area contributed by atoms with Crippen LogP contribution in [0.4, 0.5) is 0 Å². The number of hydrogen-bond acceptors (Lipinski definition) is 3. The van der Waals surface area contributed by atoms with Gasteiger partial charge in [-0.05, 0) is 68.7 Å². The lowest BCUT2D eigenvalue weighted by molar-refractivity contribution is -0.134. The van der Waals surface area contributed by atoms with Crippen molar-refractivity contribution in [2.45, 2.75) is 72.5 Å². The number of rotatable bonds is 14. The van der Waals surface area contributed by atoms with Crippen molar-refractivity contribution in [1.29, 1.82) is 0 Å². The molecule has 0 saturated carbocycles. The molecule has 0 saturated heterocycles. The van der Waals surface area contributed by atoms with Crippen LogP contribution in [0.5, 0.6) is 5.75 Å². The maximum atomic E-state index is 13.8. The molecule has 0 bridgehead atoms. The average Bonchev–Trinajstić information content (AvgIpc) is 3.37. The molecule has 0 aliphatic heterocycles. The van der Waals surface area contributed by atoms with E-state index in [-0.39, 0.29) is 24.4 Å². The van der Waals surface area contributed by atoms with E-state index < -0.39 is 0 Å². The smallest absolute Gasteiger partial charge is 0.254 e. The molecule has 0 spiro atoms. The van der Waals surface area contributed by atoms with Crippen LogP contribution in [0.25, 0.3) is 0 Å². The predicted molar refractivity (Wildman–Crippen MR) is 153 cm³/mol. The Labute approximate surface area is 228 Å². The van der Waals surface area contributed by atoms with E-state index in [1.807, 2.05) is 66.6 Å². The van der Waals surface area contributed by atoms with E-state index >= 15 is 0 Å². The second-order valence-corrected chi connectivity index (χ2v) is 10.1. The number of methoxy groups -OCH3 is 1. The molecular weight excluding hydrogens is 474 g/mol. The average molecular weight is 518 g/mol. The van der Waals surface area contributed by atoms with E-state index in [2.05, 4.69) is 37.5 Å². The Bertz CT molecular complexity index is 1170. The van der Waals surface area contributed by atoms with Gasteiger partial charge in [-0.3, -0.25) is 9.59 Å². The Balaban J connectivity index is 1.79. The van der Waals surface area contributed by atoms with E-state index in [4.69, 9.17) is 4.74 Å². The second-order valence-electron chi connectivity index (χ2n) is 10.1. The molecule has 1 heterocycles. The lowest BCUT2D eigenvalue weighted by Gasteiger charge is -2.32.